The first kappa shape index (κ1) is 25.4. The van der Waals surface area contributed by atoms with Crippen molar-refractivity contribution in [3.63, 3.8) is 0 Å². The highest BCUT2D eigenvalue weighted by atomic mass is 19.4. The predicted octanol–water partition coefficient (Wildman–Crippen LogP) is 5.35. The minimum atomic E-state index is -4.47. The van der Waals surface area contributed by atoms with Crippen molar-refractivity contribution in [2.75, 3.05) is 31.3 Å². The largest absolute Gasteiger partial charge is 0.497 e. The molecule has 192 valence electrons. The van der Waals surface area contributed by atoms with Gasteiger partial charge in [-0.2, -0.15) is 18.3 Å². The molecule has 0 aliphatic carbocycles. The number of carbonyl (C=O) groups excluding carboxylic acids is 1. The minimum absolute atomic E-state index is 0.0428. The van der Waals surface area contributed by atoms with Crippen LogP contribution in [-0.2, 0) is 6.18 Å². The Bertz CT molecular complexity index is 1340. The first-order valence-corrected chi connectivity index (χ1v) is 11.2. The van der Waals surface area contributed by atoms with Crippen LogP contribution in [0.3, 0.4) is 0 Å². The van der Waals surface area contributed by atoms with Crippen molar-refractivity contribution in [3.8, 4) is 28.4 Å². The third-order valence-corrected chi connectivity index (χ3v) is 5.36. The molecule has 0 aliphatic rings. The summed E-state index contributed by atoms with van der Waals surface area (Å²) in [6, 6.07) is 19.9. The molecule has 0 aliphatic heterocycles. The Morgan fingerprint density at radius 1 is 0.973 bits per heavy atom. The summed E-state index contributed by atoms with van der Waals surface area (Å²) in [5, 5.41) is 9.88. The minimum Gasteiger partial charge on any atom is -0.497 e. The highest BCUT2D eigenvalue weighted by Crippen LogP contribution is 2.36. The molecular weight excluding hydrogens is 487 g/mol. The summed E-state index contributed by atoms with van der Waals surface area (Å²) in [5.74, 6) is 1.33. The number of nitrogen functional groups attached to an aromatic ring is 1. The molecule has 0 radical (unpaired) electrons. The normalized spacial score (nSPS) is 11.1. The molecule has 0 saturated heterocycles. The Morgan fingerprint density at radius 3 is 2.27 bits per heavy atom. The van der Waals surface area contributed by atoms with Gasteiger partial charge in [0.25, 0.3) is 0 Å². The van der Waals surface area contributed by atoms with Gasteiger partial charge in [0, 0.05) is 5.56 Å². The van der Waals surface area contributed by atoms with E-state index in [9.17, 15) is 18.0 Å². The van der Waals surface area contributed by atoms with E-state index in [4.69, 9.17) is 15.2 Å². The van der Waals surface area contributed by atoms with E-state index in [-0.39, 0.29) is 24.7 Å². The van der Waals surface area contributed by atoms with Crippen LogP contribution in [0, 0.1) is 0 Å². The fourth-order valence-electron chi connectivity index (χ4n) is 3.50. The van der Waals surface area contributed by atoms with Crippen LogP contribution in [0.25, 0.3) is 16.9 Å². The molecule has 0 bridgehead atoms. The van der Waals surface area contributed by atoms with E-state index in [1.807, 2.05) is 18.2 Å². The number of hydrogen-bond donors (Lipinski definition) is 3. The van der Waals surface area contributed by atoms with Gasteiger partial charge in [0.1, 0.15) is 29.5 Å². The summed E-state index contributed by atoms with van der Waals surface area (Å²) in [6.45, 7) is 0.453. The Labute approximate surface area is 210 Å². The second-order valence-electron chi connectivity index (χ2n) is 7.84. The Morgan fingerprint density at radius 2 is 1.65 bits per heavy atom. The van der Waals surface area contributed by atoms with Gasteiger partial charge in [-0.25, -0.2) is 9.48 Å². The van der Waals surface area contributed by atoms with Gasteiger partial charge < -0.3 is 25.8 Å². The molecule has 1 heterocycles. The van der Waals surface area contributed by atoms with Crippen molar-refractivity contribution in [3.05, 3.63) is 84.4 Å². The quantitative estimate of drug-likeness (QED) is 0.277. The van der Waals surface area contributed by atoms with Gasteiger partial charge in [-0.3, -0.25) is 0 Å². The number of amides is 2. The number of benzene rings is 3. The molecule has 4 rings (SSSR count). The van der Waals surface area contributed by atoms with Gasteiger partial charge >= 0.3 is 12.2 Å². The number of hydrogen-bond acceptors (Lipinski definition) is 5. The summed E-state index contributed by atoms with van der Waals surface area (Å²) in [6.07, 6.45) is -4.47. The zero-order chi connectivity index (χ0) is 26.4. The Kier molecular flexibility index (Phi) is 7.52. The van der Waals surface area contributed by atoms with Gasteiger partial charge in [0.2, 0.25) is 0 Å². The SMILES string of the molecule is COc1ccc(-c2nn(-c3ccc(C(F)(F)F)cc3)c(N)c2NC(=O)NCCOc2ccccc2)cc1. The number of halogens is 3. The summed E-state index contributed by atoms with van der Waals surface area (Å²) >= 11 is 0. The number of nitrogens with zero attached hydrogens (tertiary/aromatic N) is 2. The summed E-state index contributed by atoms with van der Waals surface area (Å²) in [7, 11) is 1.53. The van der Waals surface area contributed by atoms with E-state index in [1.165, 1.54) is 23.9 Å². The first-order chi connectivity index (χ1) is 17.8. The number of ether oxygens (including phenoxy) is 2. The molecule has 0 spiro atoms. The molecule has 4 aromatic rings. The number of urea groups is 1. The van der Waals surface area contributed by atoms with Gasteiger partial charge in [-0.05, 0) is 60.7 Å². The van der Waals surface area contributed by atoms with Crippen LogP contribution in [-0.4, -0.2) is 36.1 Å². The van der Waals surface area contributed by atoms with Crippen molar-refractivity contribution in [2.45, 2.75) is 6.18 Å². The molecule has 11 heteroatoms. The number of anilines is 2. The molecule has 2 amide bonds. The molecule has 0 atom stereocenters. The third kappa shape index (κ3) is 6.13. The van der Waals surface area contributed by atoms with Crippen molar-refractivity contribution >= 4 is 17.5 Å². The lowest BCUT2D eigenvalue weighted by Crippen LogP contribution is -2.32. The average molecular weight is 512 g/mol. The maximum atomic E-state index is 13.0. The molecule has 37 heavy (non-hydrogen) atoms. The first-order valence-electron chi connectivity index (χ1n) is 11.2. The van der Waals surface area contributed by atoms with Crippen molar-refractivity contribution in [2.24, 2.45) is 0 Å². The molecule has 0 unspecified atom stereocenters. The number of carbonyl (C=O) groups is 1. The van der Waals surface area contributed by atoms with Crippen molar-refractivity contribution in [1.82, 2.24) is 15.1 Å². The number of alkyl halides is 3. The van der Waals surface area contributed by atoms with Crippen LogP contribution >= 0.6 is 0 Å². The van der Waals surface area contributed by atoms with Gasteiger partial charge in [0.05, 0.1) is 24.9 Å². The number of nitrogens with two attached hydrogens (primary N) is 1. The Hall–Kier alpha value is -4.67. The van der Waals surface area contributed by atoms with E-state index in [0.29, 0.717) is 28.4 Å². The molecule has 1 aromatic heterocycles. The topological polar surface area (TPSA) is 103 Å². The lowest BCUT2D eigenvalue weighted by molar-refractivity contribution is -0.137. The molecule has 8 nitrogen and oxygen atoms in total. The average Bonchev–Trinajstić information content (AvgIpc) is 3.22. The van der Waals surface area contributed by atoms with Gasteiger partial charge in [0.15, 0.2) is 5.82 Å². The highest BCUT2D eigenvalue weighted by Gasteiger charge is 2.30. The zero-order valence-electron chi connectivity index (χ0n) is 19.8. The zero-order valence-corrected chi connectivity index (χ0v) is 19.8. The smallest absolute Gasteiger partial charge is 0.416 e. The van der Waals surface area contributed by atoms with Crippen molar-refractivity contribution < 1.29 is 27.4 Å². The van der Waals surface area contributed by atoms with Crippen molar-refractivity contribution in [1.29, 1.82) is 0 Å². The lowest BCUT2D eigenvalue weighted by atomic mass is 10.1. The fourth-order valence-corrected chi connectivity index (χ4v) is 3.50. The number of methoxy groups -OCH3 is 1. The fraction of sp³-hybridized carbons (Fsp3) is 0.154. The van der Waals surface area contributed by atoms with E-state index >= 15 is 0 Å². The van der Waals surface area contributed by atoms with E-state index in [1.54, 1.807) is 36.4 Å². The van der Waals surface area contributed by atoms with E-state index in [0.717, 1.165) is 12.1 Å². The second kappa shape index (κ2) is 10.9. The number of rotatable bonds is 8. The summed E-state index contributed by atoms with van der Waals surface area (Å²) in [4.78, 5) is 12.6. The molecular formula is C26H24F3N5O3. The predicted molar refractivity (Wildman–Crippen MR) is 134 cm³/mol. The van der Waals surface area contributed by atoms with Crippen LogP contribution < -0.4 is 25.8 Å². The summed E-state index contributed by atoms with van der Waals surface area (Å²) in [5.41, 5.74) is 6.96. The number of aromatic nitrogens is 2. The van der Waals surface area contributed by atoms with Crippen LogP contribution in [0.2, 0.25) is 0 Å². The lowest BCUT2D eigenvalue weighted by Gasteiger charge is -2.11. The molecule has 0 saturated carbocycles. The molecule has 3 aromatic carbocycles. The van der Waals surface area contributed by atoms with Crippen LogP contribution in [0.5, 0.6) is 11.5 Å². The number of nitrogens with one attached hydrogen (secondary N) is 2. The van der Waals surface area contributed by atoms with E-state index in [2.05, 4.69) is 15.7 Å². The molecule has 0 fully saturated rings. The maximum absolute atomic E-state index is 13.0. The maximum Gasteiger partial charge on any atom is 0.416 e. The van der Waals surface area contributed by atoms with Crippen LogP contribution in [0.4, 0.5) is 29.5 Å². The van der Waals surface area contributed by atoms with Crippen LogP contribution in [0.15, 0.2) is 78.9 Å². The highest BCUT2D eigenvalue weighted by molar-refractivity contribution is 5.97. The second-order valence-corrected chi connectivity index (χ2v) is 7.84. The third-order valence-electron chi connectivity index (χ3n) is 5.36. The van der Waals surface area contributed by atoms with Crippen LogP contribution in [0.1, 0.15) is 5.56 Å². The summed E-state index contributed by atoms with van der Waals surface area (Å²) < 4.78 is 51.0. The standard InChI is InChI=1S/C26H24F3N5O3/c1-36-20-13-7-17(8-14-20)22-23(32-25(35)31-15-16-37-21-5-3-2-4-6-21)24(30)34(33-22)19-11-9-18(10-12-19)26(27,28)29/h2-14H,15-16,30H2,1H3,(H2,31,32,35). The Balaban J connectivity index is 1.56. The molecule has 4 N–H and O–H groups in total. The van der Waals surface area contributed by atoms with Gasteiger partial charge in [-0.15, -0.1) is 0 Å². The van der Waals surface area contributed by atoms with Gasteiger partial charge in [-0.1, -0.05) is 18.2 Å². The monoisotopic (exact) mass is 511 g/mol. The van der Waals surface area contributed by atoms with E-state index < -0.39 is 17.8 Å². The number of para-hydroxylation sites is 1.